The van der Waals surface area contributed by atoms with E-state index in [1.54, 1.807) is 35.2 Å². The Bertz CT molecular complexity index is 1120. The Morgan fingerprint density at radius 2 is 1.64 bits per heavy atom. The molecule has 4 rings (SSSR count). The van der Waals surface area contributed by atoms with Gasteiger partial charge in [-0.25, -0.2) is 0 Å². The van der Waals surface area contributed by atoms with Gasteiger partial charge in [-0.2, -0.15) is 0 Å². The van der Waals surface area contributed by atoms with Gasteiger partial charge in [-0.15, -0.1) is 11.3 Å². The van der Waals surface area contributed by atoms with E-state index < -0.39 is 0 Å². The number of carbonyl (C=O) groups is 3. The highest BCUT2D eigenvalue weighted by atomic mass is 32.1. The van der Waals surface area contributed by atoms with E-state index in [-0.39, 0.29) is 17.7 Å². The molecule has 0 atom stereocenters. The molecule has 3 aromatic rings. The minimum absolute atomic E-state index is 0.0622. The first-order valence-electron chi connectivity index (χ1n) is 10.8. The third-order valence-corrected chi connectivity index (χ3v) is 6.34. The third kappa shape index (κ3) is 6.06. The van der Waals surface area contributed by atoms with Crippen LogP contribution in [0.2, 0.25) is 0 Å². The molecule has 1 aliphatic heterocycles. The molecule has 0 saturated carbocycles. The van der Waals surface area contributed by atoms with Crippen LogP contribution < -0.4 is 10.6 Å². The molecule has 0 spiro atoms. The monoisotopic (exact) mass is 462 g/mol. The SMILES string of the molecule is Cc1ccc(NC(=O)CN2CCN(C(=O)c3cccc(NC(=O)c4cccs4)c3)CC2)cc1. The number of amides is 3. The van der Waals surface area contributed by atoms with Gasteiger partial charge in [0.2, 0.25) is 5.91 Å². The van der Waals surface area contributed by atoms with Crippen LogP contribution in [0.4, 0.5) is 11.4 Å². The number of thiophene rings is 1. The Kier molecular flexibility index (Phi) is 7.16. The predicted molar refractivity (Wildman–Crippen MR) is 131 cm³/mol. The molecule has 0 bridgehead atoms. The molecule has 1 aromatic heterocycles. The van der Waals surface area contributed by atoms with Crippen molar-refractivity contribution < 1.29 is 14.4 Å². The minimum Gasteiger partial charge on any atom is -0.336 e. The molecule has 2 heterocycles. The molecule has 7 nitrogen and oxygen atoms in total. The van der Waals surface area contributed by atoms with Crippen LogP contribution in [0.1, 0.15) is 25.6 Å². The van der Waals surface area contributed by atoms with E-state index in [0.29, 0.717) is 48.9 Å². The lowest BCUT2D eigenvalue weighted by molar-refractivity contribution is -0.117. The van der Waals surface area contributed by atoms with Gasteiger partial charge in [0, 0.05) is 43.1 Å². The van der Waals surface area contributed by atoms with Gasteiger partial charge in [0.15, 0.2) is 0 Å². The maximum absolute atomic E-state index is 13.0. The maximum Gasteiger partial charge on any atom is 0.265 e. The molecule has 1 saturated heterocycles. The smallest absolute Gasteiger partial charge is 0.265 e. The van der Waals surface area contributed by atoms with Crippen LogP contribution >= 0.6 is 11.3 Å². The topological polar surface area (TPSA) is 81.8 Å². The van der Waals surface area contributed by atoms with E-state index in [0.717, 1.165) is 11.3 Å². The lowest BCUT2D eigenvalue weighted by atomic mass is 10.1. The summed E-state index contributed by atoms with van der Waals surface area (Å²) in [5.41, 5.74) is 3.05. The summed E-state index contributed by atoms with van der Waals surface area (Å²) in [5.74, 6) is -0.328. The van der Waals surface area contributed by atoms with Crippen LogP contribution in [-0.4, -0.2) is 60.2 Å². The molecule has 2 N–H and O–H groups in total. The van der Waals surface area contributed by atoms with Crippen molar-refractivity contribution in [2.45, 2.75) is 6.92 Å². The molecule has 0 unspecified atom stereocenters. The van der Waals surface area contributed by atoms with E-state index in [1.165, 1.54) is 11.3 Å². The van der Waals surface area contributed by atoms with Crippen molar-refractivity contribution in [3.63, 3.8) is 0 Å². The minimum atomic E-state index is -0.188. The van der Waals surface area contributed by atoms with Crippen molar-refractivity contribution >= 4 is 40.4 Å². The normalized spacial score (nSPS) is 14.0. The number of piperazine rings is 1. The molecular formula is C25H26N4O3S. The van der Waals surface area contributed by atoms with Crippen molar-refractivity contribution in [2.24, 2.45) is 0 Å². The molecule has 0 radical (unpaired) electrons. The third-order valence-electron chi connectivity index (χ3n) is 5.47. The van der Waals surface area contributed by atoms with E-state index in [4.69, 9.17) is 0 Å². The summed E-state index contributed by atoms with van der Waals surface area (Å²) in [6, 6.07) is 18.3. The van der Waals surface area contributed by atoms with Gasteiger partial charge < -0.3 is 15.5 Å². The number of benzene rings is 2. The highest BCUT2D eigenvalue weighted by molar-refractivity contribution is 7.12. The van der Waals surface area contributed by atoms with Crippen LogP contribution in [0.25, 0.3) is 0 Å². The number of hydrogen-bond donors (Lipinski definition) is 2. The van der Waals surface area contributed by atoms with E-state index in [9.17, 15) is 14.4 Å². The number of hydrogen-bond acceptors (Lipinski definition) is 5. The molecular weight excluding hydrogens is 436 g/mol. The van der Waals surface area contributed by atoms with Gasteiger partial charge in [-0.05, 0) is 48.7 Å². The van der Waals surface area contributed by atoms with Gasteiger partial charge in [0.1, 0.15) is 0 Å². The second kappa shape index (κ2) is 10.4. The molecule has 3 amide bonds. The van der Waals surface area contributed by atoms with Crippen molar-refractivity contribution in [1.29, 1.82) is 0 Å². The number of nitrogens with zero attached hydrogens (tertiary/aromatic N) is 2. The van der Waals surface area contributed by atoms with Crippen molar-refractivity contribution in [1.82, 2.24) is 9.80 Å². The second-order valence-corrected chi connectivity index (χ2v) is 8.94. The first-order chi connectivity index (χ1) is 16.0. The zero-order valence-electron chi connectivity index (χ0n) is 18.4. The van der Waals surface area contributed by atoms with E-state index in [1.807, 2.05) is 47.5 Å². The molecule has 8 heteroatoms. The fraction of sp³-hybridized carbons (Fsp3) is 0.240. The highest BCUT2D eigenvalue weighted by Crippen LogP contribution is 2.17. The van der Waals surface area contributed by atoms with Gasteiger partial charge in [0.25, 0.3) is 11.8 Å². The van der Waals surface area contributed by atoms with Crippen molar-refractivity contribution in [2.75, 3.05) is 43.4 Å². The first kappa shape index (κ1) is 22.7. The summed E-state index contributed by atoms with van der Waals surface area (Å²) >= 11 is 1.37. The van der Waals surface area contributed by atoms with Gasteiger partial charge in [0.05, 0.1) is 11.4 Å². The number of nitrogens with one attached hydrogen (secondary N) is 2. The Labute approximate surface area is 197 Å². The first-order valence-corrected chi connectivity index (χ1v) is 11.7. The quantitative estimate of drug-likeness (QED) is 0.585. The van der Waals surface area contributed by atoms with Crippen LogP contribution in [0, 0.1) is 6.92 Å². The maximum atomic E-state index is 13.0. The van der Waals surface area contributed by atoms with Crippen LogP contribution in [0.3, 0.4) is 0 Å². The fourth-order valence-corrected chi connectivity index (χ4v) is 4.28. The summed E-state index contributed by atoms with van der Waals surface area (Å²) in [5, 5.41) is 7.60. The Balaban J connectivity index is 1.28. The Hall–Kier alpha value is -3.49. The summed E-state index contributed by atoms with van der Waals surface area (Å²) in [7, 11) is 0. The number of aryl methyl sites for hydroxylation is 1. The number of anilines is 2. The summed E-state index contributed by atoms with van der Waals surface area (Å²) < 4.78 is 0. The van der Waals surface area contributed by atoms with E-state index in [2.05, 4.69) is 10.6 Å². The number of rotatable bonds is 6. The molecule has 33 heavy (non-hydrogen) atoms. The Morgan fingerprint density at radius 3 is 2.33 bits per heavy atom. The van der Waals surface area contributed by atoms with Crippen LogP contribution in [-0.2, 0) is 4.79 Å². The largest absolute Gasteiger partial charge is 0.336 e. The standard InChI is InChI=1S/C25H26N4O3S/c1-18-7-9-20(10-8-18)26-23(30)17-28-11-13-29(14-12-28)25(32)19-4-2-5-21(16-19)27-24(31)22-6-3-15-33-22/h2-10,15-16H,11-14,17H2,1H3,(H,26,30)(H,27,31). The fourth-order valence-electron chi connectivity index (χ4n) is 3.66. The van der Waals surface area contributed by atoms with Gasteiger partial charge >= 0.3 is 0 Å². The van der Waals surface area contributed by atoms with Crippen molar-refractivity contribution in [3.05, 3.63) is 82.0 Å². The average Bonchev–Trinajstić information content (AvgIpc) is 3.36. The predicted octanol–water partition coefficient (Wildman–Crippen LogP) is 3.71. The number of carbonyl (C=O) groups excluding carboxylic acids is 3. The highest BCUT2D eigenvalue weighted by Gasteiger charge is 2.23. The molecule has 170 valence electrons. The Morgan fingerprint density at radius 1 is 0.879 bits per heavy atom. The van der Waals surface area contributed by atoms with Gasteiger partial charge in [-0.1, -0.05) is 29.8 Å². The zero-order valence-corrected chi connectivity index (χ0v) is 19.2. The lowest BCUT2D eigenvalue weighted by Gasteiger charge is -2.34. The zero-order chi connectivity index (χ0) is 23.2. The summed E-state index contributed by atoms with van der Waals surface area (Å²) in [6.45, 7) is 4.64. The van der Waals surface area contributed by atoms with Gasteiger partial charge in [-0.3, -0.25) is 19.3 Å². The van der Waals surface area contributed by atoms with E-state index >= 15 is 0 Å². The summed E-state index contributed by atoms with van der Waals surface area (Å²) in [6.07, 6.45) is 0. The van der Waals surface area contributed by atoms with Crippen LogP contribution in [0.15, 0.2) is 66.0 Å². The molecule has 0 aliphatic carbocycles. The average molecular weight is 463 g/mol. The van der Waals surface area contributed by atoms with Crippen molar-refractivity contribution in [3.8, 4) is 0 Å². The molecule has 1 fully saturated rings. The summed E-state index contributed by atoms with van der Waals surface area (Å²) in [4.78, 5) is 42.1. The second-order valence-electron chi connectivity index (χ2n) is 7.99. The molecule has 2 aromatic carbocycles. The molecule has 1 aliphatic rings. The van der Waals surface area contributed by atoms with Crippen LogP contribution in [0.5, 0.6) is 0 Å². The lowest BCUT2D eigenvalue weighted by Crippen LogP contribution is -2.50.